The monoisotopic (exact) mass is 361 g/mol. The van der Waals surface area contributed by atoms with Gasteiger partial charge in [0.1, 0.15) is 5.82 Å². The Hall–Kier alpha value is -2.48. The fourth-order valence-corrected chi connectivity index (χ4v) is 3.18. The van der Waals surface area contributed by atoms with Crippen LogP contribution in [0.2, 0.25) is 0 Å². The summed E-state index contributed by atoms with van der Waals surface area (Å²) < 4.78 is 15.0. The van der Waals surface area contributed by atoms with Gasteiger partial charge in [0.2, 0.25) is 0 Å². The normalized spacial score (nSPS) is 16.5. The molecule has 2 amide bonds. The Morgan fingerprint density at radius 3 is 2.88 bits per heavy atom. The summed E-state index contributed by atoms with van der Waals surface area (Å²) >= 11 is 0. The number of benzene rings is 1. The predicted molar refractivity (Wildman–Crippen MR) is 95.1 cm³/mol. The Balaban J connectivity index is 1.46. The summed E-state index contributed by atoms with van der Waals surface area (Å²) in [4.78, 5) is 14.0. The van der Waals surface area contributed by atoms with E-state index >= 15 is 0 Å². The minimum atomic E-state index is -0.431. The molecule has 26 heavy (non-hydrogen) atoms. The van der Waals surface area contributed by atoms with Crippen LogP contribution in [0.4, 0.5) is 14.9 Å². The van der Waals surface area contributed by atoms with Gasteiger partial charge in [0.25, 0.3) is 0 Å². The van der Waals surface area contributed by atoms with Gasteiger partial charge in [-0.25, -0.2) is 9.18 Å². The number of nitrogens with zero attached hydrogens (tertiary/aromatic N) is 4. The van der Waals surface area contributed by atoms with Gasteiger partial charge in [-0.2, -0.15) is 0 Å². The molecule has 0 radical (unpaired) electrons. The molecule has 0 aliphatic carbocycles. The minimum Gasteiger partial charge on any atom is -0.393 e. The van der Waals surface area contributed by atoms with E-state index in [2.05, 4.69) is 15.6 Å². The van der Waals surface area contributed by atoms with Crippen LogP contribution in [0.3, 0.4) is 0 Å². The van der Waals surface area contributed by atoms with E-state index in [1.165, 1.54) is 12.1 Å². The Kier molecular flexibility index (Phi) is 5.82. The Morgan fingerprint density at radius 1 is 1.42 bits per heavy atom. The van der Waals surface area contributed by atoms with Crippen LogP contribution in [0.5, 0.6) is 0 Å². The number of carbonyl (C=O) groups is 1. The third-order valence-corrected chi connectivity index (χ3v) is 4.51. The molecule has 1 aliphatic heterocycles. The van der Waals surface area contributed by atoms with Crippen molar-refractivity contribution in [2.45, 2.75) is 38.8 Å². The van der Waals surface area contributed by atoms with Crippen LogP contribution in [0.25, 0.3) is 0 Å². The van der Waals surface area contributed by atoms with E-state index in [-0.39, 0.29) is 11.8 Å². The third kappa shape index (κ3) is 5.01. The van der Waals surface area contributed by atoms with Crippen molar-refractivity contribution in [3.63, 3.8) is 0 Å². The lowest BCUT2D eigenvalue weighted by atomic mass is 9.97. The van der Waals surface area contributed by atoms with E-state index in [0.29, 0.717) is 31.1 Å². The van der Waals surface area contributed by atoms with Crippen molar-refractivity contribution in [3.8, 4) is 0 Å². The lowest BCUT2D eigenvalue weighted by molar-refractivity contribution is 0.175. The van der Waals surface area contributed by atoms with Crippen molar-refractivity contribution in [1.82, 2.24) is 19.9 Å². The second-order valence-electron chi connectivity index (χ2n) is 6.86. The zero-order chi connectivity index (χ0) is 18.5. The second-order valence-corrected chi connectivity index (χ2v) is 6.86. The van der Waals surface area contributed by atoms with Crippen molar-refractivity contribution in [3.05, 3.63) is 42.0 Å². The van der Waals surface area contributed by atoms with Gasteiger partial charge in [0.15, 0.2) is 0 Å². The van der Waals surface area contributed by atoms with Crippen LogP contribution in [0, 0.1) is 11.7 Å². The third-order valence-electron chi connectivity index (χ3n) is 4.51. The maximum Gasteiger partial charge on any atom is 0.321 e. The maximum absolute atomic E-state index is 13.2. The number of likely N-dealkylation sites (tertiary alicyclic amines) is 1. The minimum absolute atomic E-state index is 0.200. The quantitative estimate of drug-likeness (QED) is 0.856. The van der Waals surface area contributed by atoms with Gasteiger partial charge < -0.3 is 15.3 Å². The number of piperidine rings is 1. The number of carbonyl (C=O) groups excluding carboxylic acids is 1. The fraction of sp³-hybridized carbons (Fsp3) is 0.500. The molecule has 2 aromatic rings. The van der Waals surface area contributed by atoms with Gasteiger partial charge in [-0.15, -0.1) is 5.10 Å². The smallest absolute Gasteiger partial charge is 0.321 e. The summed E-state index contributed by atoms with van der Waals surface area (Å²) in [5.74, 6) is 0.0543. The average molecular weight is 361 g/mol. The Bertz CT molecular complexity index is 741. The zero-order valence-corrected chi connectivity index (χ0v) is 14.8. The lowest BCUT2D eigenvalue weighted by Gasteiger charge is -2.31. The molecule has 7 nitrogen and oxygen atoms in total. The molecular formula is C18H24FN5O2. The number of aliphatic hydroxyl groups excluding tert-OH is 1. The summed E-state index contributed by atoms with van der Waals surface area (Å²) in [6.45, 7) is 3.79. The van der Waals surface area contributed by atoms with Crippen LogP contribution in [0.1, 0.15) is 25.5 Å². The van der Waals surface area contributed by atoms with Gasteiger partial charge in [0.05, 0.1) is 11.8 Å². The molecule has 2 heterocycles. The topological polar surface area (TPSA) is 83.3 Å². The summed E-state index contributed by atoms with van der Waals surface area (Å²) in [6, 6.07) is 5.69. The van der Waals surface area contributed by atoms with Gasteiger partial charge in [-0.1, -0.05) is 11.3 Å². The molecule has 0 spiro atoms. The van der Waals surface area contributed by atoms with Crippen molar-refractivity contribution in [2.75, 3.05) is 18.4 Å². The summed E-state index contributed by atoms with van der Waals surface area (Å²) in [5.41, 5.74) is 1.25. The highest BCUT2D eigenvalue weighted by molar-refractivity contribution is 5.89. The first kappa shape index (κ1) is 18.3. The molecule has 2 N–H and O–H groups in total. The number of anilines is 1. The van der Waals surface area contributed by atoms with Gasteiger partial charge >= 0.3 is 6.03 Å². The first-order valence-electron chi connectivity index (χ1n) is 8.88. The highest BCUT2D eigenvalue weighted by atomic mass is 19.1. The Labute approximate surface area is 151 Å². The molecule has 1 aromatic carbocycles. The predicted octanol–water partition coefficient (Wildman–Crippen LogP) is 2.28. The molecular weight excluding hydrogens is 337 g/mol. The SMILES string of the molecule is C[C@H](O)Cc1cn(CC2CCN(C(=O)Nc3cccc(F)c3)CC2)nn1. The largest absolute Gasteiger partial charge is 0.393 e. The van der Waals surface area contributed by atoms with Crippen LogP contribution < -0.4 is 5.32 Å². The second kappa shape index (κ2) is 8.27. The summed E-state index contributed by atoms with van der Waals surface area (Å²) in [5, 5.41) is 20.3. The number of urea groups is 1. The van der Waals surface area contributed by atoms with Crippen molar-refractivity contribution in [1.29, 1.82) is 0 Å². The highest BCUT2D eigenvalue weighted by Gasteiger charge is 2.23. The van der Waals surface area contributed by atoms with Crippen molar-refractivity contribution in [2.24, 2.45) is 5.92 Å². The van der Waals surface area contributed by atoms with E-state index in [1.54, 1.807) is 24.0 Å². The number of hydrogen-bond donors (Lipinski definition) is 2. The van der Waals surface area contributed by atoms with Gasteiger partial charge in [-0.05, 0) is 43.9 Å². The lowest BCUT2D eigenvalue weighted by Crippen LogP contribution is -2.41. The molecule has 1 saturated heterocycles. The van der Waals surface area contributed by atoms with Gasteiger partial charge in [0, 0.05) is 37.9 Å². The first-order valence-corrected chi connectivity index (χ1v) is 8.88. The molecule has 1 fully saturated rings. The molecule has 1 aliphatic rings. The molecule has 0 saturated carbocycles. The zero-order valence-electron chi connectivity index (χ0n) is 14.8. The molecule has 3 rings (SSSR count). The van der Waals surface area contributed by atoms with Crippen LogP contribution >= 0.6 is 0 Å². The van der Waals surface area contributed by atoms with Crippen LogP contribution in [0.15, 0.2) is 30.5 Å². The van der Waals surface area contributed by atoms with E-state index < -0.39 is 6.10 Å². The molecule has 1 aromatic heterocycles. The van der Waals surface area contributed by atoms with E-state index in [1.807, 2.05) is 10.9 Å². The average Bonchev–Trinajstić information content (AvgIpc) is 3.01. The fourth-order valence-electron chi connectivity index (χ4n) is 3.18. The first-order chi connectivity index (χ1) is 12.5. The number of amides is 2. The summed E-state index contributed by atoms with van der Waals surface area (Å²) in [6.07, 6.45) is 3.69. The number of hydrogen-bond acceptors (Lipinski definition) is 4. The molecule has 0 unspecified atom stereocenters. The summed E-state index contributed by atoms with van der Waals surface area (Å²) in [7, 11) is 0. The van der Waals surface area contributed by atoms with Gasteiger partial charge in [-0.3, -0.25) is 4.68 Å². The number of nitrogens with one attached hydrogen (secondary N) is 1. The number of aromatic nitrogens is 3. The molecule has 8 heteroatoms. The van der Waals surface area contributed by atoms with Crippen LogP contribution in [-0.2, 0) is 13.0 Å². The number of aliphatic hydroxyl groups is 1. The van der Waals surface area contributed by atoms with Crippen molar-refractivity contribution < 1.29 is 14.3 Å². The maximum atomic E-state index is 13.2. The van der Waals surface area contributed by atoms with Crippen molar-refractivity contribution >= 4 is 11.7 Å². The van der Waals surface area contributed by atoms with E-state index in [9.17, 15) is 14.3 Å². The number of halogens is 1. The standard InChI is InChI=1S/C18H24FN5O2/c1-13(25)9-17-12-24(22-21-17)11-14-5-7-23(8-6-14)18(26)20-16-4-2-3-15(19)10-16/h2-4,10,12-14,25H,5-9,11H2,1H3,(H,20,26)/t13-/m0/s1. The molecule has 0 bridgehead atoms. The molecule has 1 atom stereocenters. The highest BCUT2D eigenvalue weighted by Crippen LogP contribution is 2.20. The van der Waals surface area contributed by atoms with E-state index in [0.717, 1.165) is 25.1 Å². The Morgan fingerprint density at radius 2 is 2.19 bits per heavy atom. The van der Waals surface area contributed by atoms with Crippen LogP contribution in [-0.4, -0.2) is 50.2 Å². The number of rotatable bonds is 5. The van der Waals surface area contributed by atoms with E-state index in [4.69, 9.17) is 0 Å². The molecule has 140 valence electrons.